The van der Waals surface area contributed by atoms with Crippen molar-refractivity contribution in [2.45, 2.75) is 132 Å². The second-order valence-electron chi connectivity index (χ2n) is 9.62. The second kappa shape index (κ2) is 15.1. The first-order valence-corrected chi connectivity index (χ1v) is 15.8. The monoisotopic (exact) mass is 481 g/mol. The van der Waals surface area contributed by atoms with Gasteiger partial charge in [-0.25, -0.2) is 0 Å². The second-order valence-corrected chi connectivity index (χ2v) is 14.8. The van der Waals surface area contributed by atoms with E-state index >= 15 is 0 Å². The summed E-state index contributed by atoms with van der Waals surface area (Å²) in [6.45, 7) is 25.8. The lowest BCUT2D eigenvalue weighted by Crippen LogP contribution is -2.53. The topological polar surface area (TPSA) is 67.4 Å². The zero-order valence-electron chi connectivity index (χ0n) is 22.2. The van der Waals surface area contributed by atoms with Crippen LogP contribution in [0.4, 0.5) is 0 Å². The summed E-state index contributed by atoms with van der Waals surface area (Å²) in [7, 11) is -5.61. The molecule has 9 heteroatoms. The van der Waals surface area contributed by atoms with E-state index in [-0.39, 0.29) is 36.6 Å². The quantitative estimate of drug-likeness (QED) is 0.218. The van der Waals surface area contributed by atoms with E-state index in [0.29, 0.717) is 12.1 Å². The van der Waals surface area contributed by atoms with Gasteiger partial charge in [0.1, 0.15) is 0 Å². The Hall–Kier alpha value is 0.154. The fraction of sp³-hybridized carbons (Fsp3) is 1.00. The van der Waals surface area contributed by atoms with Crippen LogP contribution in [0.2, 0.25) is 12.1 Å². The zero-order chi connectivity index (χ0) is 24.2. The van der Waals surface area contributed by atoms with Gasteiger partial charge in [0.15, 0.2) is 0 Å². The molecule has 0 fully saturated rings. The van der Waals surface area contributed by atoms with Crippen molar-refractivity contribution in [2.75, 3.05) is 13.1 Å². The Morgan fingerprint density at radius 2 is 0.613 bits per heavy atom. The van der Waals surface area contributed by atoms with Gasteiger partial charge in [-0.05, 0) is 96.2 Å². The van der Waals surface area contributed by atoms with Crippen LogP contribution in [0.1, 0.15) is 83.1 Å². The number of nitrogens with one attached hydrogen (secondary N) is 1. The summed E-state index contributed by atoms with van der Waals surface area (Å²) in [6.07, 6.45) is 0.264. The Labute approximate surface area is 194 Å². The maximum absolute atomic E-state index is 6.25. The van der Waals surface area contributed by atoms with Gasteiger partial charge < -0.3 is 31.9 Å². The van der Waals surface area contributed by atoms with E-state index in [0.717, 1.165) is 13.1 Å². The van der Waals surface area contributed by atoms with Crippen LogP contribution < -0.4 is 5.32 Å². The van der Waals surface area contributed by atoms with Crippen molar-refractivity contribution in [3.05, 3.63) is 0 Å². The summed E-state index contributed by atoms with van der Waals surface area (Å²) in [6, 6.07) is 1.41. The first kappa shape index (κ1) is 31.2. The third kappa shape index (κ3) is 14.8. The van der Waals surface area contributed by atoms with Gasteiger partial charge >= 0.3 is 17.6 Å². The first-order valence-electron chi connectivity index (χ1n) is 12.0. The molecule has 31 heavy (non-hydrogen) atoms. The molecule has 0 spiro atoms. The van der Waals surface area contributed by atoms with Gasteiger partial charge in [0.05, 0.1) is 0 Å². The van der Waals surface area contributed by atoms with Crippen molar-refractivity contribution in [1.29, 1.82) is 0 Å². The molecule has 7 nitrogen and oxygen atoms in total. The highest BCUT2D eigenvalue weighted by molar-refractivity contribution is 6.61. The van der Waals surface area contributed by atoms with Crippen molar-refractivity contribution in [3.63, 3.8) is 0 Å². The molecule has 0 saturated carbocycles. The number of hydrogen-bond acceptors (Lipinski definition) is 7. The lowest BCUT2D eigenvalue weighted by molar-refractivity contribution is 0.00326. The Morgan fingerprint density at radius 1 is 0.419 bits per heavy atom. The smallest absolute Gasteiger partial charge is 0.371 e. The largest absolute Gasteiger partial charge is 0.502 e. The highest BCUT2D eigenvalue weighted by atomic mass is 28.4. The molecular weight excluding hydrogens is 430 g/mol. The van der Waals surface area contributed by atoms with E-state index in [1.54, 1.807) is 0 Å². The maximum Gasteiger partial charge on any atom is 0.502 e. The first-order chi connectivity index (χ1) is 14.2. The van der Waals surface area contributed by atoms with E-state index in [2.05, 4.69) is 5.32 Å². The minimum absolute atomic E-state index is 0.0440. The lowest BCUT2D eigenvalue weighted by atomic mass is 10.5. The molecule has 0 rings (SSSR count). The molecule has 0 saturated heterocycles. The maximum atomic E-state index is 6.25. The van der Waals surface area contributed by atoms with Crippen molar-refractivity contribution in [1.82, 2.24) is 5.32 Å². The SMILES string of the molecule is CC(C)O[Si](CCNCC[Si](OC(C)C)(OC(C)C)OC(C)C)(OC(C)C)OC(C)C. The third-order valence-electron chi connectivity index (χ3n) is 3.71. The van der Waals surface area contributed by atoms with E-state index in [4.69, 9.17) is 26.6 Å². The van der Waals surface area contributed by atoms with Crippen LogP contribution in [-0.4, -0.2) is 67.3 Å². The number of hydrogen-bond donors (Lipinski definition) is 1. The van der Waals surface area contributed by atoms with Crippen molar-refractivity contribution >= 4 is 17.6 Å². The van der Waals surface area contributed by atoms with E-state index < -0.39 is 17.6 Å². The van der Waals surface area contributed by atoms with Crippen LogP contribution in [0.25, 0.3) is 0 Å². The van der Waals surface area contributed by atoms with E-state index in [9.17, 15) is 0 Å². The molecule has 0 aliphatic heterocycles. The van der Waals surface area contributed by atoms with Gasteiger partial charge in [0, 0.05) is 48.7 Å². The molecule has 0 amide bonds. The fourth-order valence-corrected chi connectivity index (χ4v) is 9.60. The Balaban J connectivity index is 5.13. The van der Waals surface area contributed by atoms with Crippen LogP contribution in [0.5, 0.6) is 0 Å². The molecule has 0 aromatic heterocycles. The average Bonchev–Trinajstić information content (AvgIpc) is 2.49. The van der Waals surface area contributed by atoms with Gasteiger partial charge in [-0.1, -0.05) is 0 Å². The highest BCUT2D eigenvalue weighted by Crippen LogP contribution is 2.23. The highest BCUT2D eigenvalue weighted by Gasteiger charge is 2.45. The molecule has 0 aliphatic rings. The van der Waals surface area contributed by atoms with Crippen molar-refractivity contribution in [2.24, 2.45) is 0 Å². The standard InChI is InChI=1S/C22H51NO6Si2/c1-17(2)24-30(25-18(3)4,26-19(5)6)15-13-23-14-16-31(27-20(7)8,28-21(9)10)29-22(11)12/h17-23H,13-16H2,1-12H3. The fourth-order valence-electron chi connectivity index (χ4n) is 3.28. The number of rotatable bonds is 18. The van der Waals surface area contributed by atoms with Gasteiger partial charge in [0.2, 0.25) is 0 Å². The third-order valence-corrected chi connectivity index (χ3v) is 10.4. The Bertz CT molecular complexity index is 368. The molecule has 0 aliphatic carbocycles. The predicted octanol–water partition coefficient (Wildman–Crippen LogP) is 5.00. The summed E-state index contributed by atoms with van der Waals surface area (Å²) in [5.74, 6) is 0. The molecule has 0 bridgehead atoms. The Kier molecular flexibility index (Phi) is 15.2. The average molecular weight is 482 g/mol. The molecule has 1 N–H and O–H groups in total. The molecule has 0 radical (unpaired) electrons. The Morgan fingerprint density at radius 3 is 0.774 bits per heavy atom. The van der Waals surface area contributed by atoms with Crippen molar-refractivity contribution < 1.29 is 26.6 Å². The van der Waals surface area contributed by atoms with Gasteiger partial charge in [-0.3, -0.25) is 0 Å². The molecule has 188 valence electrons. The van der Waals surface area contributed by atoms with Gasteiger partial charge in [0.25, 0.3) is 0 Å². The van der Waals surface area contributed by atoms with E-state index in [1.165, 1.54) is 0 Å². The lowest BCUT2D eigenvalue weighted by Gasteiger charge is -2.35. The molecular formula is C22H51NO6Si2. The van der Waals surface area contributed by atoms with Gasteiger partial charge in [-0.15, -0.1) is 0 Å². The van der Waals surface area contributed by atoms with Crippen LogP contribution >= 0.6 is 0 Å². The minimum atomic E-state index is -2.80. The predicted molar refractivity (Wildman–Crippen MR) is 131 cm³/mol. The molecule has 0 atom stereocenters. The summed E-state index contributed by atoms with van der Waals surface area (Å²) >= 11 is 0. The molecule has 0 unspecified atom stereocenters. The van der Waals surface area contributed by atoms with Crippen LogP contribution in [0.15, 0.2) is 0 Å². The van der Waals surface area contributed by atoms with E-state index in [1.807, 2.05) is 83.1 Å². The minimum Gasteiger partial charge on any atom is -0.371 e. The van der Waals surface area contributed by atoms with Crippen LogP contribution in [-0.2, 0) is 26.6 Å². The zero-order valence-corrected chi connectivity index (χ0v) is 24.2. The molecule has 0 heterocycles. The van der Waals surface area contributed by atoms with Crippen LogP contribution in [0.3, 0.4) is 0 Å². The summed E-state index contributed by atoms with van der Waals surface area (Å²) in [4.78, 5) is 0. The van der Waals surface area contributed by atoms with Crippen LogP contribution in [0, 0.1) is 0 Å². The molecule has 0 aromatic carbocycles. The summed E-state index contributed by atoms with van der Waals surface area (Å²) in [5.41, 5.74) is 0. The normalized spacial score (nSPS) is 13.7. The summed E-state index contributed by atoms with van der Waals surface area (Å²) in [5, 5.41) is 3.52. The molecule has 0 aromatic rings. The van der Waals surface area contributed by atoms with Gasteiger partial charge in [-0.2, -0.15) is 0 Å². The summed E-state index contributed by atoms with van der Waals surface area (Å²) < 4.78 is 37.5. The van der Waals surface area contributed by atoms with Crippen molar-refractivity contribution in [3.8, 4) is 0 Å².